The molecule has 0 fully saturated rings. The summed E-state index contributed by atoms with van der Waals surface area (Å²) in [7, 11) is 0. The molecule has 102 valence electrons. The van der Waals surface area contributed by atoms with Crippen molar-refractivity contribution in [2.75, 3.05) is 0 Å². The van der Waals surface area contributed by atoms with E-state index in [0.717, 1.165) is 11.8 Å². The van der Waals surface area contributed by atoms with Gasteiger partial charge in [0.15, 0.2) is 5.82 Å². The van der Waals surface area contributed by atoms with Gasteiger partial charge in [-0.1, -0.05) is 36.3 Å². The summed E-state index contributed by atoms with van der Waals surface area (Å²) in [6, 6.07) is 10.00. The molecule has 0 radical (unpaired) electrons. The molecule has 0 bridgehead atoms. The molecule has 4 nitrogen and oxygen atoms in total. The Morgan fingerprint density at radius 3 is 2.70 bits per heavy atom. The van der Waals surface area contributed by atoms with Crippen LogP contribution in [-0.2, 0) is 0 Å². The second kappa shape index (κ2) is 5.02. The summed E-state index contributed by atoms with van der Waals surface area (Å²) in [6.07, 6.45) is 0.725. The fraction of sp³-hybridized carbons (Fsp3) is 0.200. The summed E-state index contributed by atoms with van der Waals surface area (Å²) in [5, 5.41) is 5.16. The number of hydrogen-bond acceptors (Lipinski definition) is 4. The monoisotopic (exact) mass is 271 g/mol. The highest BCUT2D eigenvalue weighted by Crippen LogP contribution is 2.29. The Hall–Kier alpha value is -2.27. The smallest absolute Gasteiger partial charge is 0.258 e. The summed E-state index contributed by atoms with van der Waals surface area (Å²) in [4.78, 5) is 4.31. The van der Waals surface area contributed by atoms with Crippen LogP contribution in [0.15, 0.2) is 40.9 Å². The van der Waals surface area contributed by atoms with E-state index >= 15 is 0 Å². The van der Waals surface area contributed by atoms with Gasteiger partial charge in [-0.25, -0.2) is 4.39 Å². The number of rotatable bonds is 3. The van der Waals surface area contributed by atoms with Gasteiger partial charge in [-0.2, -0.15) is 4.98 Å². The highest BCUT2D eigenvalue weighted by Gasteiger charge is 2.16. The highest BCUT2D eigenvalue weighted by molar-refractivity contribution is 5.95. The zero-order chi connectivity index (χ0) is 14.1. The van der Waals surface area contributed by atoms with Crippen LogP contribution >= 0.6 is 0 Å². The van der Waals surface area contributed by atoms with Crippen LogP contribution in [-0.4, -0.2) is 10.1 Å². The number of benzene rings is 2. The number of fused-ring (bicyclic) bond motifs is 1. The van der Waals surface area contributed by atoms with Crippen molar-refractivity contribution in [1.29, 1.82) is 0 Å². The molecule has 0 aliphatic rings. The van der Waals surface area contributed by atoms with E-state index in [2.05, 4.69) is 10.1 Å². The van der Waals surface area contributed by atoms with Crippen molar-refractivity contribution in [2.24, 2.45) is 5.73 Å². The fourth-order valence-corrected chi connectivity index (χ4v) is 2.13. The Kier molecular flexibility index (Phi) is 3.20. The maximum atomic E-state index is 13.8. The molecule has 0 aliphatic carbocycles. The summed E-state index contributed by atoms with van der Waals surface area (Å²) in [6.45, 7) is 1.95. The summed E-state index contributed by atoms with van der Waals surface area (Å²) in [5.74, 6) is 0.561. The molecule has 0 saturated heterocycles. The number of aromatic nitrogens is 2. The van der Waals surface area contributed by atoms with Gasteiger partial charge in [0.05, 0.1) is 6.04 Å². The van der Waals surface area contributed by atoms with E-state index < -0.39 is 0 Å². The van der Waals surface area contributed by atoms with Gasteiger partial charge < -0.3 is 10.3 Å². The Morgan fingerprint density at radius 2 is 1.95 bits per heavy atom. The van der Waals surface area contributed by atoms with Gasteiger partial charge in [0.1, 0.15) is 5.82 Å². The van der Waals surface area contributed by atoms with Gasteiger partial charge in [0, 0.05) is 10.9 Å². The van der Waals surface area contributed by atoms with Crippen LogP contribution < -0.4 is 5.73 Å². The summed E-state index contributed by atoms with van der Waals surface area (Å²) < 4.78 is 19.0. The predicted octanol–water partition coefficient (Wildman–Crippen LogP) is 3.44. The normalized spacial score (nSPS) is 12.8. The van der Waals surface area contributed by atoms with Gasteiger partial charge in [-0.15, -0.1) is 0 Å². The van der Waals surface area contributed by atoms with Crippen molar-refractivity contribution >= 4 is 10.8 Å². The number of nitrogens with two attached hydrogens (primary N) is 1. The molecule has 1 atom stereocenters. The largest absolute Gasteiger partial charge is 0.334 e. The molecule has 1 unspecified atom stereocenters. The molecule has 1 aromatic heterocycles. The molecule has 0 spiro atoms. The first-order valence-corrected chi connectivity index (χ1v) is 6.47. The van der Waals surface area contributed by atoms with E-state index in [4.69, 9.17) is 10.3 Å². The first-order chi connectivity index (χ1) is 9.70. The third kappa shape index (κ3) is 2.06. The van der Waals surface area contributed by atoms with Crippen LogP contribution in [0.25, 0.3) is 22.2 Å². The molecule has 2 N–H and O–H groups in total. The van der Waals surface area contributed by atoms with Crippen molar-refractivity contribution in [3.05, 3.63) is 48.0 Å². The zero-order valence-corrected chi connectivity index (χ0v) is 11.0. The summed E-state index contributed by atoms with van der Waals surface area (Å²) >= 11 is 0. The lowest BCUT2D eigenvalue weighted by Gasteiger charge is -2.03. The SMILES string of the molecule is CCC(N)c1noc(-c2ccc(F)c3ccccc23)n1. The fourth-order valence-electron chi connectivity index (χ4n) is 2.13. The maximum Gasteiger partial charge on any atom is 0.258 e. The second-order valence-corrected chi connectivity index (χ2v) is 4.61. The second-order valence-electron chi connectivity index (χ2n) is 4.61. The molecule has 3 aromatic rings. The number of nitrogens with zero attached hydrogens (tertiary/aromatic N) is 2. The predicted molar refractivity (Wildman–Crippen MR) is 74.4 cm³/mol. The van der Waals surface area contributed by atoms with Crippen LogP contribution in [0.4, 0.5) is 4.39 Å². The molecule has 1 heterocycles. The van der Waals surface area contributed by atoms with Gasteiger partial charge in [0.2, 0.25) is 0 Å². The van der Waals surface area contributed by atoms with Gasteiger partial charge in [-0.05, 0) is 23.9 Å². The third-order valence-electron chi connectivity index (χ3n) is 3.31. The van der Waals surface area contributed by atoms with Crippen LogP contribution in [0.2, 0.25) is 0 Å². The topological polar surface area (TPSA) is 64.9 Å². The Bertz CT molecular complexity index is 754. The Labute approximate surface area is 115 Å². The van der Waals surface area contributed by atoms with Crippen molar-refractivity contribution in [2.45, 2.75) is 19.4 Å². The van der Waals surface area contributed by atoms with E-state index in [0.29, 0.717) is 22.7 Å². The minimum absolute atomic E-state index is 0.251. The van der Waals surface area contributed by atoms with Crippen LogP contribution in [0, 0.1) is 5.82 Å². The molecular weight excluding hydrogens is 257 g/mol. The average molecular weight is 271 g/mol. The van der Waals surface area contributed by atoms with Crippen molar-refractivity contribution < 1.29 is 8.91 Å². The lowest BCUT2D eigenvalue weighted by molar-refractivity contribution is 0.415. The van der Waals surface area contributed by atoms with Gasteiger partial charge in [-0.3, -0.25) is 0 Å². The standard InChI is InChI=1S/C15H14FN3O/c1-2-13(17)14-18-15(20-19-14)11-7-8-12(16)10-6-4-3-5-9(10)11/h3-8,13H,2,17H2,1H3. The molecule has 0 saturated carbocycles. The van der Waals surface area contributed by atoms with E-state index in [1.165, 1.54) is 6.07 Å². The van der Waals surface area contributed by atoms with Crippen molar-refractivity contribution in [3.8, 4) is 11.5 Å². The number of halogens is 1. The average Bonchev–Trinajstić information content (AvgIpc) is 2.97. The molecule has 20 heavy (non-hydrogen) atoms. The minimum Gasteiger partial charge on any atom is -0.334 e. The molecule has 0 amide bonds. The Balaban J connectivity index is 2.15. The summed E-state index contributed by atoms with van der Waals surface area (Å²) in [5.41, 5.74) is 6.59. The van der Waals surface area contributed by atoms with Gasteiger partial charge >= 0.3 is 0 Å². The molecule has 0 aliphatic heterocycles. The van der Waals surface area contributed by atoms with Crippen molar-refractivity contribution in [3.63, 3.8) is 0 Å². The van der Waals surface area contributed by atoms with E-state index in [-0.39, 0.29) is 11.9 Å². The molecular formula is C15H14FN3O. The van der Waals surface area contributed by atoms with Crippen LogP contribution in [0.3, 0.4) is 0 Å². The van der Waals surface area contributed by atoms with E-state index in [1.807, 2.05) is 19.1 Å². The molecule has 5 heteroatoms. The lowest BCUT2D eigenvalue weighted by atomic mass is 10.0. The zero-order valence-electron chi connectivity index (χ0n) is 11.0. The minimum atomic E-state index is -0.269. The quantitative estimate of drug-likeness (QED) is 0.792. The Morgan fingerprint density at radius 1 is 1.20 bits per heavy atom. The molecule has 3 rings (SSSR count). The first-order valence-electron chi connectivity index (χ1n) is 6.47. The van der Waals surface area contributed by atoms with Crippen LogP contribution in [0.5, 0.6) is 0 Å². The van der Waals surface area contributed by atoms with Gasteiger partial charge in [0.25, 0.3) is 5.89 Å². The highest BCUT2D eigenvalue weighted by atomic mass is 19.1. The first kappa shape index (κ1) is 12.7. The van der Waals surface area contributed by atoms with Crippen molar-refractivity contribution in [1.82, 2.24) is 10.1 Å². The van der Waals surface area contributed by atoms with E-state index in [1.54, 1.807) is 18.2 Å². The molecule has 2 aromatic carbocycles. The van der Waals surface area contributed by atoms with Crippen LogP contribution in [0.1, 0.15) is 25.2 Å². The maximum absolute atomic E-state index is 13.8. The lowest BCUT2D eigenvalue weighted by Crippen LogP contribution is -2.10. The van der Waals surface area contributed by atoms with E-state index in [9.17, 15) is 4.39 Å². The number of hydrogen-bond donors (Lipinski definition) is 1. The third-order valence-corrected chi connectivity index (χ3v) is 3.31.